The molecule has 4 N–H and O–H groups in total. The van der Waals surface area contributed by atoms with Crippen LogP contribution in [0, 0.1) is 10.1 Å². The second-order valence-corrected chi connectivity index (χ2v) is 5.56. The van der Waals surface area contributed by atoms with Crippen molar-refractivity contribution in [1.29, 1.82) is 0 Å². The first-order chi connectivity index (χ1) is 10.3. The van der Waals surface area contributed by atoms with Crippen molar-refractivity contribution >= 4 is 17.3 Å². The third kappa shape index (κ3) is 3.18. The number of carbonyl (C=O) groups is 1. The molecule has 1 aliphatic heterocycles. The Morgan fingerprint density at radius 3 is 2.64 bits per heavy atom. The highest BCUT2D eigenvalue weighted by Crippen LogP contribution is 2.27. The van der Waals surface area contributed by atoms with Crippen molar-refractivity contribution in [2.75, 3.05) is 32.0 Å². The largest absolute Gasteiger partial charge is 0.393 e. The fourth-order valence-corrected chi connectivity index (χ4v) is 2.67. The zero-order chi connectivity index (χ0) is 16.3. The number of nitrogens with zero attached hydrogens (tertiary/aromatic N) is 2. The van der Waals surface area contributed by atoms with Crippen LogP contribution in [0.3, 0.4) is 0 Å². The van der Waals surface area contributed by atoms with Crippen molar-refractivity contribution in [3.63, 3.8) is 0 Å². The molecule has 0 spiro atoms. The molecule has 2 rings (SSSR count). The Balaban J connectivity index is 2.29. The lowest BCUT2D eigenvalue weighted by Gasteiger charge is -2.41. The van der Waals surface area contributed by atoms with Gasteiger partial charge in [-0.3, -0.25) is 19.8 Å². The highest BCUT2D eigenvalue weighted by atomic mass is 16.6. The van der Waals surface area contributed by atoms with Crippen molar-refractivity contribution in [1.82, 2.24) is 4.90 Å². The molecule has 1 heterocycles. The van der Waals surface area contributed by atoms with Gasteiger partial charge in [0.25, 0.3) is 5.69 Å². The zero-order valence-electron chi connectivity index (χ0n) is 12.4. The number of primary amides is 1. The van der Waals surface area contributed by atoms with Gasteiger partial charge in [-0.15, -0.1) is 0 Å². The Morgan fingerprint density at radius 1 is 1.45 bits per heavy atom. The van der Waals surface area contributed by atoms with Crippen LogP contribution in [-0.2, 0) is 16.0 Å². The number of nitro groups is 1. The maximum atomic E-state index is 12.0. The van der Waals surface area contributed by atoms with Crippen molar-refractivity contribution in [3.8, 4) is 0 Å². The number of rotatable bonds is 5. The molecule has 0 aliphatic carbocycles. The summed E-state index contributed by atoms with van der Waals surface area (Å²) in [6, 6.07) is 4.56. The van der Waals surface area contributed by atoms with E-state index in [9.17, 15) is 14.9 Å². The minimum Gasteiger partial charge on any atom is -0.393 e. The summed E-state index contributed by atoms with van der Waals surface area (Å²) in [6.07, 6.45) is 0.281. The van der Waals surface area contributed by atoms with Gasteiger partial charge in [0.05, 0.1) is 18.1 Å². The van der Waals surface area contributed by atoms with Crippen LogP contribution in [0.2, 0.25) is 0 Å². The van der Waals surface area contributed by atoms with Crippen LogP contribution in [-0.4, -0.2) is 47.6 Å². The molecular weight excluding hydrogens is 288 g/mol. The first-order valence-electron chi connectivity index (χ1n) is 7.00. The molecule has 1 fully saturated rings. The number of hydrogen-bond acceptors (Lipinski definition) is 6. The average Bonchev–Trinajstić information content (AvgIpc) is 2.49. The summed E-state index contributed by atoms with van der Waals surface area (Å²) >= 11 is 0. The van der Waals surface area contributed by atoms with Crippen LogP contribution < -0.4 is 11.5 Å². The van der Waals surface area contributed by atoms with E-state index < -0.39 is 16.4 Å². The third-order valence-corrected chi connectivity index (χ3v) is 4.08. The van der Waals surface area contributed by atoms with Crippen molar-refractivity contribution in [2.45, 2.75) is 18.9 Å². The molecule has 1 aromatic rings. The summed E-state index contributed by atoms with van der Waals surface area (Å²) in [6.45, 7) is 4.01. The molecular formula is C14H20N4O4. The molecule has 0 radical (unpaired) electrons. The summed E-state index contributed by atoms with van der Waals surface area (Å²) in [7, 11) is 0. The summed E-state index contributed by atoms with van der Waals surface area (Å²) in [5.74, 6) is -0.464. The summed E-state index contributed by atoms with van der Waals surface area (Å²) < 4.78 is 5.29. The molecule has 0 saturated carbocycles. The normalized spacial score (nSPS) is 18.6. The lowest BCUT2D eigenvalue weighted by Crippen LogP contribution is -2.60. The van der Waals surface area contributed by atoms with Crippen molar-refractivity contribution < 1.29 is 14.5 Å². The van der Waals surface area contributed by atoms with E-state index in [2.05, 4.69) is 0 Å². The van der Waals surface area contributed by atoms with E-state index in [1.807, 2.05) is 4.90 Å². The summed E-state index contributed by atoms with van der Waals surface area (Å²) in [4.78, 5) is 24.4. The van der Waals surface area contributed by atoms with Gasteiger partial charge in [0.15, 0.2) is 0 Å². The van der Waals surface area contributed by atoms with E-state index in [1.165, 1.54) is 12.1 Å². The second kappa shape index (κ2) is 6.29. The molecule has 1 aromatic carbocycles. The molecule has 0 aromatic heterocycles. The molecule has 1 amide bonds. The first kappa shape index (κ1) is 16.2. The standard InChI is InChI=1S/C14H20N4O4/c1-14(13(16)19,17-4-6-22-7-5-17)9-10-2-3-11(15)12(8-10)18(20)21/h2-3,8H,4-7,9,15H2,1H3,(H2,16,19). The van der Waals surface area contributed by atoms with E-state index in [4.69, 9.17) is 16.2 Å². The van der Waals surface area contributed by atoms with Crippen LogP contribution in [0.5, 0.6) is 0 Å². The number of anilines is 1. The molecule has 120 valence electrons. The van der Waals surface area contributed by atoms with Gasteiger partial charge in [-0.2, -0.15) is 0 Å². The van der Waals surface area contributed by atoms with E-state index >= 15 is 0 Å². The number of nitrogens with two attached hydrogens (primary N) is 2. The van der Waals surface area contributed by atoms with Gasteiger partial charge >= 0.3 is 0 Å². The number of nitro benzene ring substituents is 1. The molecule has 22 heavy (non-hydrogen) atoms. The van der Waals surface area contributed by atoms with Crippen LogP contribution in [0.15, 0.2) is 18.2 Å². The van der Waals surface area contributed by atoms with Gasteiger partial charge in [0.1, 0.15) is 11.2 Å². The Bertz CT molecular complexity index is 586. The minimum atomic E-state index is -0.923. The Labute approximate surface area is 128 Å². The van der Waals surface area contributed by atoms with Crippen LogP contribution in [0.1, 0.15) is 12.5 Å². The zero-order valence-corrected chi connectivity index (χ0v) is 12.4. The summed E-state index contributed by atoms with van der Waals surface area (Å²) in [5, 5.41) is 11.0. The lowest BCUT2D eigenvalue weighted by molar-refractivity contribution is -0.384. The number of benzene rings is 1. The van der Waals surface area contributed by atoms with Gasteiger partial charge in [-0.25, -0.2) is 0 Å². The number of hydrogen-bond donors (Lipinski definition) is 2. The monoisotopic (exact) mass is 308 g/mol. The molecule has 0 bridgehead atoms. The molecule has 1 saturated heterocycles. The smallest absolute Gasteiger partial charge is 0.292 e. The van der Waals surface area contributed by atoms with Gasteiger partial charge in [0.2, 0.25) is 5.91 Å². The summed E-state index contributed by atoms with van der Waals surface area (Å²) in [5.41, 5.74) is 10.9. The van der Waals surface area contributed by atoms with E-state index in [0.717, 1.165) is 0 Å². The Kier molecular flexibility index (Phi) is 4.62. The molecule has 1 atom stereocenters. The highest BCUT2D eigenvalue weighted by molar-refractivity contribution is 5.84. The molecule has 1 unspecified atom stereocenters. The van der Waals surface area contributed by atoms with Crippen molar-refractivity contribution in [2.24, 2.45) is 5.73 Å². The van der Waals surface area contributed by atoms with Gasteiger partial charge in [-0.05, 0) is 25.0 Å². The fourth-order valence-electron chi connectivity index (χ4n) is 2.67. The van der Waals surface area contributed by atoms with Gasteiger partial charge < -0.3 is 16.2 Å². The van der Waals surface area contributed by atoms with Gasteiger partial charge in [-0.1, -0.05) is 6.07 Å². The van der Waals surface area contributed by atoms with Crippen LogP contribution in [0.25, 0.3) is 0 Å². The number of nitrogen functional groups attached to an aromatic ring is 1. The maximum absolute atomic E-state index is 12.0. The molecule has 1 aliphatic rings. The van der Waals surface area contributed by atoms with Gasteiger partial charge in [0, 0.05) is 19.2 Å². The third-order valence-electron chi connectivity index (χ3n) is 4.08. The Hall–Kier alpha value is -2.19. The lowest BCUT2D eigenvalue weighted by atomic mass is 9.89. The predicted molar refractivity (Wildman–Crippen MR) is 81.2 cm³/mol. The SMILES string of the molecule is CC(Cc1ccc(N)c([N+](=O)[O-])c1)(C(N)=O)N1CCOCC1. The molecule has 8 heteroatoms. The number of carbonyl (C=O) groups excluding carboxylic acids is 1. The van der Waals surface area contributed by atoms with Crippen molar-refractivity contribution in [3.05, 3.63) is 33.9 Å². The Morgan fingerprint density at radius 2 is 2.09 bits per heavy atom. The van der Waals surface area contributed by atoms with Crippen LogP contribution in [0.4, 0.5) is 11.4 Å². The highest BCUT2D eigenvalue weighted by Gasteiger charge is 2.39. The number of amides is 1. The molecule has 8 nitrogen and oxygen atoms in total. The van der Waals surface area contributed by atoms with E-state index in [-0.39, 0.29) is 17.8 Å². The van der Waals surface area contributed by atoms with Crippen LogP contribution >= 0.6 is 0 Å². The maximum Gasteiger partial charge on any atom is 0.292 e. The van der Waals surface area contributed by atoms with E-state index in [1.54, 1.807) is 13.0 Å². The number of ether oxygens (including phenoxy) is 1. The predicted octanol–water partition coefficient (Wildman–Crippen LogP) is 0.296. The first-order valence-corrected chi connectivity index (χ1v) is 7.00. The fraction of sp³-hybridized carbons (Fsp3) is 0.500. The second-order valence-electron chi connectivity index (χ2n) is 5.56. The average molecular weight is 308 g/mol. The topological polar surface area (TPSA) is 125 Å². The minimum absolute atomic E-state index is 0.0981. The van der Waals surface area contributed by atoms with E-state index in [0.29, 0.717) is 31.9 Å². The quantitative estimate of drug-likeness (QED) is 0.458. The number of morpholine rings is 1.